The lowest BCUT2D eigenvalue weighted by Crippen LogP contribution is -2.43. The van der Waals surface area contributed by atoms with E-state index in [2.05, 4.69) is 11.9 Å². The molecule has 0 aliphatic heterocycles. The molecule has 1 amide bonds. The maximum absolute atomic E-state index is 12.6. The lowest BCUT2D eigenvalue weighted by atomic mass is 10.2. The standard InChI is InChI=1S/C18H15Cl2N3O/c1-3-22-11-23(17-7-5-4-6-16(17)22)12(2)18(24)21-15-9-8-13(19)10-14(15)20/h3-12H,1H2,2H3/p+1/t12-/m0/s1. The molecule has 6 heteroatoms. The van der Waals surface area contributed by atoms with Crippen LogP contribution in [0.1, 0.15) is 13.0 Å². The number of carbonyl (C=O) groups excluding carboxylic acids is 1. The van der Waals surface area contributed by atoms with Crippen molar-refractivity contribution in [3.8, 4) is 0 Å². The molecule has 0 spiro atoms. The molecule has 0 saturated heterocycles. The molecule has 2 aromatic carbocycles. The van der Waals surface area contributed by atoms with E-state index < -0.39 is 6.04 Å². The molecule has 0 aliphatic rings. The Bertz CT molecular complexity index is 933. The van der Waals surface area contributed by atoms with E-state index in [4.69, 9.17) is 23.2 Å². The molecule has 0 aliphatic carbocycles. The van der Waals surface area contributed by atoms with Gasteiger partial charge in [0, 0.05) is 5.02 Å². The zero-order valence-corrected chi connectivity index (χ0v) is 14.6. The average molecular weight is 361 g/mol. The quantitative estimate of drug-likeness (QED) is 0.681. The van der Waals surface area contributed by atoms with Crippen LogP contribution in [0.2, 0.25) is 10.0 Å². The van der Waals surface area contributed by atoms with E-state index in [0.717, 1.165) is 11.0 Å². The first-order valence-corrected chi connectivity index (χ1v) is 8.16. The summed E-state index contributed by atoms with van der Waals surface area (Å²) in [6.45, 7) is 5.64. The zero-order chi connectivity index (χ0) is 17.3. The Morgan fingerprint density at radius 2 is 2.04 bits per heavy atom. The van der Waals surface area contributed by atoms with Gasteiger partial charge < -0.3 is 5.32 Å². The van der Waals surface area contributed by atoms with E-state index in [1.165, 1.54) is 0 Å². The minimum absolute atomic E-state index is 0.170. The highest BCUT2D eigenvalue weighted by Gasteiger charge is 2.25. The van der Waals surface area contributed by atoms with Crippen LogP contribution in [0, 0.1) is 0 Å². The van der Waals surface area contributed by atoms with Crippen molar-refractivity contribution < 1.29 is 9.36 Å². The maximum atomic E-state index is 12.6. The second-order valence-electron chi connectivity index (χ2n) is 5.39. The Hall–Kier alpha value is -2.30. The molecule has 0 bridgehead atoms. The van der Waals surface area contributed by atoms with Crippen LogP contribution >= 0.6 is 23.2 Å². The Labute approximate surface area is 149 Å². The van der Waals surface area contributed by atoms with Crippen LogP contribution in [-0.4, -0.2) is 10.5 Å². The van der Waals surface area contributed by atoms with E-state index in [1.807, 2.05) is 46.7 Å². The number of rotatable bonds is 4. The van der Waals surface area contributed by atoms with Crippen molar-refractivity contribution in [2.75, 3.05) is 5.32 Å². The van der Waals surface area contributed by atoms with E-state index in [-0.39, 0.29) is 5.91 Å². The number of aromatic nitrogens is 2. The Kier molecular flexibility index (Phi) is 4.60. The minimum Gasteiger partial charge on any atom is -0.321 e. The molecular weight excluding hydrogens is 345 g/mol. The van der Waals surface area contributed by atoms with Gasteiger partial charge in [-0.15, -0.1) is 0 Å². The molecule has 4 nitrogen and oxygen atoms in total. The summed E-state index contributed by atoms with van der Waals surface area (Å²) in [7, 11) is 0. The average Bonchev–Trinajstić information content (AvgIpc) is 2.95. The first-order chi connectivity index (χ1) is 11.5. The normalized spacial score (nSPS) is 12.1. The molecule has 1 aromatic heterocycles. The fraction of sp³-hybridized carbons (Fsp3) is 0.111. The van der Waals surface area contributed by atoms with Gasteiger partial charge in [0.1, 0.15) is 0 Å². The summed E-state index contributed by atoms with van der Waals surface area (Å²) in [6, 6.07) is 12.4. The number of nitrogens with one attached hydrogen (secondary N) is 1. The van der Waals surface area contributed by atoms with Gasteiger partial charge in [0.05, 0.1) is 16.9 Å². The van der Waals surface area contributed by atoms with Crippen molar-refractivity contribution in [2.45, 2.75) is 13.0 Å². The van der Waals surface area contributed by atoms with Crippen LogP contribution < -0.4 is 9.88 Å². The molecule has 0 fully saturated rings. The van der Waals surface area contributed by atoms with E-state index >= 15 is 0 Å². The van der Waals surface area contributed by atoms with Crippen molar-refractivity contribution >= 4 is 52.0 Å². The first kappa shape index (κ1) is 16.6. The molecule has 3 rings (SSSR count). The highest BCUT2D eigenvalue weighted by molar-refractivity contribution is 6.36. The molecule has 1 N–H and O–H groups in total. The Morgan fingerprint density at radius 3 is 2.75 bits per heavy atom. The van der Waals surface area contributed by atoms with Gasteiger partial charge in [0.2, 0.25) is 6.33 Å². The van der Waals surface area contributed by atoms with Crippen molar-refractivity contribution in [3.63, 3.8) is 0 Å². The fourth-order valence-electron chi connectivity index (χ4n) is 2.57. The first-order valence-electron chi connectivity index (χ1n) is 7.40. The number of benzene rings is 2. The van der Waals surface area contributed by atoms with Crippen LogP contribution in [-0.2, 0) is 4.79 Å². The molecule has 0 radical (unpaired) electrons. The van der Waals surface area contributed by atoms with Gasteiger partial charge in [-0.05, 0) is 37.3 Å². The van der Waals surface area contributed by atoms with Crippen LogP contribution in [0.3, 0.4) is 0 Å². The van der Waals surface area contributed by atoms with E-state index in [0.29, 0.717) is 15.7 Å². The lowest BCUT2D eigenvalue weighted by Gasteiger charge is -2.11. The summed E-state index contributed by atoms with van der Waals surface area (Å²) >= 11 is 12.0. The number of fused-ring (bicyclic) bond motifs is 1. The number of imidazole rings is 1. The molecule has 1 atom stereocenters. The third kappa shape index (κ3) is 3.03. The van der Waals surface area contributed by atoms with Crippen molar-refractivity contribution in [2.24, 2.45) is 0 Å². The largest absolute Gasteiger partial charge is 0.321 e. The number of halogens is 2. The molecule has 0 unspecified atom stereocenters. The number of anilines is 1. The summed E-state index contributed by atoms with van der Waals surface area (Å²) in [4.78, 5) is 12.6. The monoisotopic (exact) mass is 360 g/mol. The number of hydrogen-bond donors (Lipinski definition) is 1. The van der Waals surface area contributed by atoms with Crippen molar-refractivity contribution in [3.05, 3.63) is 65.4 Å². The van der Waals surface area contributed by atoms with Gasteiger partial charge in [-0.1, -0.05) is 41.9 Å². The van der Waals surface area contributed by atoms with E-state index in [1.54, 1.807) is 24.4 Å². The topological polar surface area (TPSA) is 37.9 Å². The Balaban J connectivity index is 1.92. The van der Waals surface area contributed by atoms with Gasteiger partial charge >= 0.3 is 0 Å². The summed E-state index contributed by atoms with van der Waals surface area (Å²) in [5, 5.41) is 3.77. The summed E-state index contributed by atoms with van der Waals surface area (Å²) in [5.74, 6) is -0.170. The number of carbonyl (C=O) groups is 1. The molecule has 24 heavy (non-hydrogen) atoms. The van der Waals surface area contributed by atoms with Crippen LogP contribution in [0.25, 0.3) is 17.2 Å². The van der Waals surface area contributed by atoms with Gasteiger partial charge in [0.25, 0.3) is 5.91 Å². The van der Waals surface area contributed by atoms with Gasteiger partial charge in [-0.2, -0.15) is 0 Å². The van der Waals surface area contributed by atoms with E-state index in [9.17, 15) is 4.79 Å². The van der Waals surface area contributed by atoms with Crippen LogP contribution in [0.5, 0.6) is 0 Å². The van der Waals surface area contributed by atoms with Crippen molar-refractivity contribution in [1.29, 1.82) is 0 Å². The Morgan fingerprint density at radius 1 is 1.29 bits per heavy atom. The number of para-hydroxylation sites is 2. The summed E-state index contributed by atoms with van der Waals surface area (Å²) in [5.41, 5.74) is 2.46. The highest BCUT2D eigenvalue weighted by Crippen LogP contribution is 2.26. The summed E-state index contributed by atoms with van der Waals surface area (Å²) in [6.07, 6.45) is 3.56. The predicted octanol–water partition coefficient (Wildman–Crippen LogP) is 4.54. The third-order valence-corrected chi connectivity index (χ3v) is 4.42. The molecule has 0 saturated carbocycles. The molecular formula is C18H16Cl2N3O+. The fourth-order valence-corrected chi connectivity index (χ4v) is 3.02. The minimum atomic E-state index is -0.428. The molecule has 3 aromatic rings. The zero-order valence-electron chi connectivity index (χ0n) is 13.0. The third-order valence-electron chi connectivity index (χ3n) is 3.87. The predicted molar refractivity (Wildman–Crippen MR) is 98.3 cm³/mol. The smallest absolute Gasteiger partial charge is 0.269 e. The number of nitrogens with zero attached hydrogens (tertiary/aromatic N) is 2. The van der Waals surface area contributed by atoms with Gasteiger partial charge in [0.15, 0.2) is 17.1 Å². The van der Waals surface area contributed by atoms with Crippen LogP contribution in [0.4, 0.5) is 5.69 Å². The van der Waals surface area contributed by atoms with Crippen molar-refractivity contribution in [1.82, 2.24) is 4.57 Å². The lowest BCUT2D eigenvalue weighted by molar-refractivity contribution is -0.680. The second-order valence-corrected chi connectivity index (χ2v) is 6.23. The number of amides is 1. The second kappa shape index (κ2) is 6.67. The molecule has 122 valence electrons. The SMILES string of the molecule is C=Cn1c[n+]([C@@H](C)C(=O)Nc2ccc(Cl)cc2Cl)c2ccccc21. The van der Waals surface area contributed by atoms with Crippen LogP contribution in [0.15, 0.2) is 55.4 Å². The molecule has 1 heterocycles. The highest BCUT2D eigenvalue weighted by atomic mass is 35.5. The van der Waals surface area contributed by atoms with Gasteiger partial charge in [-0.3, -0.25) is 4.79 Å². The van der Waals surface area contributed by atoms with Gasteiger partial charge in [-0.25, -0.2) is 9.13 Å². The summed E-state index contributed by atoms with van der Waals surface area (Å²) < 4.78 is 3.78. The maximum Gasteiger partial charge on any atom is 0.269 e. The number of hydrogen-bond acceptors (Lipinski definition) is 1.